The number of aryl methyl sites for hydroxylation is 2. The maximum Gasteiger partial charge on any atom is 0.270 e. The first-order chi connectivity index (χ1) is 14.1. The van der Waals surface area contributed by atoms with E-state index in [1.165, 1.54) is 30.0 Å². The molecule has 0 spiro atoms. The van der Waals surface area contributed by atoms with Gasteiger partial charge in [-0.3, -0.25) is 14.9 Å². The second-order valence-corrected chi connectivity index (χ2v) is 8.90. The molecule has 1 aromatic heterocycles. The highest BCUT2D eigenvalue weighted by Gasteiger charge is 2.17. The summed E-state index contributed by atoms with van der Waals surface area (Å²) in [6, 6.07) is 4.76. The van der Waals surface area contributed by atoms with Gasteiger partial charge in [0.1, 0.15) is 0 Å². The minimum atomic E-state index is -3.91. The van der Waals surface area contributed by atoms with E-state index in [9.17, 15) is 23.3 Å². The van der Waals surface area contributed by atoms with Crippen LogP contribution in [0.1, 0.15) is 23.4 Å². The predicted molar refractivity (Wildman–Crippen MR) is 113 cm³/mol. The summed E-state index contributed by atoms with van der Waals surface area (Å²) >= 11 is 1.46. The SMILES string of the molecule is CSc1nc(C)c(CCC(=O)NCCNS(=O)(=O)c2cccc([N+](=O)[O-])c2)c(C)n1. The Hall–Kier alpha value is -2.57. The standard InChI is InChI=1S/C18H23N5O5S2/c1-12-16(13(2)22-18(21-12)29-3)7-8-17(24)19-9-10-20-30(27,28)15-6-4-5-14(11-15)23(25)26/h4-6,11,20H,7-10H2,1-3H3,(H,19,24). The molecule has 0 saturated carbocycles. The van der Waals surface area contributed by atoms with Gasteiger partial charge >= 0.3 is 0 Å². The zero-order valence-corrected chi connectivity index (χ0v) is 18.5. The molecule has 0 fully saturated rings. The van der Waals surface area contributed by atoms with Crippen LogP contribution in [-0.2, 0) is 21.2 Å². The number of amides is 1. The smallest absolute Gasteiger partial charge is 0.270 e. The fourth-order valence-electron chi connectivity index (χ4n) is 2.72. The molecule has 162 valence electrons. The first-order valence-corrected chi connectivity index (χ1v) is 11.7. The Morgan fingerprint density at radius 2 is 1.87 bits per heavy atom. The summed E-state index contributed by atoms with van der Waals surface area (Å²) in [6.07, 6.45) is 2.60. The number of rotatable bonds is 10. The quantitative estimate of drug-likeness (QED) is 0.182. The normalized spacial score (nSPS) is 11.3. The number of thioether (sulfide) groups is 1. The average Bonchev–Trinajstić information content (AvgIpc) is 2.70. The number of nitro benzene ring substituents is 1. The summed E-state index contributed by atoms with van der Waals surface area (Å²) in [7, 11) is -3.91. The van der Waals surface area contributed by atoms with Gasteiger partial charge in [0.05, 0.1) is 9.82 Å². The first kappa shape index (κ1) is 23.7. The molecule has 1 aromatic carbocycles. The van der Waals surface area contributed by atoms with Gasteiger partial charge in [-0.05, 0) is 38.2 Å². The number of carbonyl (C=O) groups excluding carboxylic acids is 1. The van der Waals surface area contributed by atoms with Gasteiger partial charge in [-0.15, -0.1) is 0 Å². The maximum absolute atomic E-state index is 12.2. The van der Waals surface area contributed by atoms with Crippen LogP contribution in [0.4, 0.5) is 5.69 Å². The summed E-state index contributed by atoms with van der Waals surface area (Å²) in [4.78, 5) is 30.7. The van der Waals surface area contributed by atoms with Gasteiger partial charge in [-0.25, -0.2) is 23.1 Å². The van der Waals surface area contributed by atoms with E-state index in [0.29, 0.717) is 11.6 Å². The van der Waals surface area contributed by atoms with Gasteiger partial charge < -0.3 is 5.32 Å². The Bertz CT molecular complexity index is 1020. The largest absolute Gasteiger partial charge is 0.355 e. The number of nitrogens with one attached hydrogen (secondary N) is 2. The van der Waals surface area contributed by atoms with E-state index in [1.807, 2.05) is 20.1 Å². The zero-order chi connectivity index (χ0) is 22.3. The average molecular weight is 454 g/mol. The van der Waals surface area contributed by atoms with Gasteiger partial charge in [0.15, 0.2) is 5.16 Å². The third-order valence-corrected chi connectivity index (χ3v) is 6.27. The highest BCUT2D eigenvalue weighted by molar-refractivity contribution is 7.98. The lowest BCUT2D eigenvalue weighted by Gasteiger charge is -2.11. The number of nitrogens with zero attached hydrogens (tertiary/aromatic N) is 3. The number of hydrogen-bond acceptors (Lipinski definition) is 8. The monoisotopic (exact) mass is 453 g/mol. The summed E-state index contributed by atoms with van der Waals surface area (Å²) in [5, 5.41) is 14.1. The van der Waals surface area contributed by atoms with Crippen LogP contribution in [0, 0.1) is 24.0 Å². The zero-order valence-electron chi connectivity index (χ0n) is 16.8. The van der Waals surface area contributed by atoms with E-state index in [4.69, 9.17) is 0 Å². The Labute approximate surface area is 179 Å². The molecular weight excluding hydrogens is 430 g/mol. The molecule has 12 heteroatoms. The molecular formula is C18H23N5O5S2. The Morgan fingerprint density at radius 3 is 2.47 bits per heavy atom. The second kappa shape index (κ2) is 10.5. The Balaban J connectivity index is 1.82. The summed E-state index contributed by atoms with van der Waals surface area (Å²) in [5.74, 6) is -0.225. The van der Waals surface area contributed by atoms with Gasteiger partial charge in [-0.2, -0.15) is 0 Å². The van der Waals surface area contributed by atoms with Crippen LogP contribution >= 0.6 is 11.8 Å². The van der Waals surface area contributed by atoms with Gasteiger partial charge in [0.25, 0.3) is 5.69 Å². The number of nitro groups is 1. The maximum atomic E-state index is 12.2. The van der Waals surface area contributed by atoms with Gasteiger partial charge in [0.2, 0.25) is 15.9 Å². The second-order valence-electron chi connectivity index (χ2n) is 6.36. The van der Waals surface area contributed by atoms with Crippen molar-refractivity contribution in [2.45, 2.75) is 36.7 Å². The molecule has 0 unspecified atom stereocenters. The molecule has 1 amide bonds. The third kappa shape index (κ3) is 6.47. The van der Waals surface area contributed by atoms with Crippen molar-refractivity contribution in [3.8, 4) is 0 Å². The molecule has 0 aliphatic carbocycles. The van der Waals surface area contributed by atoms with E-state index < -0.39 is 14.9 Å². The molecule has 0 atom stereocenters. The molecule has 0 bridgehead atoms. The van der Waals surface area contributed by atoms with E-state index >= 15 is 0 Å². The Kier molecular flexibility index (Phi) is 8.26. The van der Waals surface area contributed by atoms with E-state index in [0.717, 1.165) is 23.0 Å². The fourth-order valence-corrected chi connectivity index (χ4v) is 4.25. The molecule has 0 radical (unpaired) electrons. The fraction of sp³-hybridized carbons (Fsp3) is 0.389. The number of non-ortho nitro benzene ring substituents is 1. The molecule has 1 heterocycles. The molecule has 0 saturated heterocycles. The molecule has 0 aliphatic rings. The van der Waals surface area contributed by atoms with Crippen molar-refractivity contribution >= 4 is 33.4 Å². The summed E-state index contributed by atoms with van der Waals surface area (Å²) in [5.41, 5.74) is 2.29. The van der Waals surface area contributed by atoms with Crippen LogP contribution in [0.25, 0.3) is 0 Å². The van der Waals surface area contributed by atoms with Crippen molar-refractivity contribution in [2.75, 3.05) is 19.3 Å². The molecule has 30 heavy (non-hydrogen) atoms. The van der Waals surface area contributed by atoms with Crippen LogP contribution in [0.2, 0.25) is 0 Å². The van der Waals surface area contributed by atoms with Crippen molar-refractivity contribution in [1.82, 2.24) is 20.0 Å². The lowest BCUT2D eigenvalue weighted by Crippen LogP contribution is -2.34. The molecule has 0 aliphatic heterocycles. The molecule has 2 rings (SSSR count). The van der Waals surface area contributed by atoms with Crippen molar-refractivity contribution < 1.29 is 18.1 Å². The van der Waals surface area contributed by atoms with Gasteiger partial charge in [-0.1, -0.05) is 17.8 Å². The van der Waals surface area contributed by atoms with Crippen LogP contribution < -0.4 is 10.0 Å². The number of benzene rings is 1. The minimum absolute atomic E-state index is 0.0413. The van der Waals surface area contributed by atoms with Crippen LogP contribution in [0.15, 0.2) is 34.3 Å². The van der Waals surface area contributed by atoms with Gasteiger partial charge in [0, 0.05) is 43.0 Å². The van der Waals surface area contributed by atoms with Crippen LogP contribution in [0.5, 0.6) is 0 Å². The highest BCUT2D eigenvalue weighted by atomic mass is 32.2. The summed E-state index contributed by atoms with van der Waals surface area (Å²) < 4.78 is 26.8. The van der Waals surface area contributed by atoms with Crippen molar-refractivity contribution in [2.24, 2.45) is 0 Å². The summed E-state index contributed by atoms with van der Waals surface area (Å²) in [6.45, 7) is 3.81. The molecule has 2 aromatic rings. The Morgan fingerprint density at radius 1 is 1.20 bits per heavy atom. The topological polar surface area (TPSA) is 144 Å². The third-order valence-electron chi connectivity index (χ3n) is 4.26. The number of aromatic nitrogens is 2. The van der Waals surface area contributed by atoms with Crippen molar-refractivity contribution in [3.05, 3.63) is 51.3 Å². The number of hydrogen-bond donors (Lipinski definition) is 2. The minimum Gasteiger partial charge on any atom is -0.355 e. The number of carbonyl (C=O) groups is 1. The van der Waals surface area contributed by atoms with E-state index in [1.54, 1.807) is 0 Å². The lowest BCUT2D eigenvalue weighted by atomic mass is 10.1. The highest BCUT2D eigenvalue weighted by Crippen LogP contribution is 2.18. The van der Waals surface area contributed by atoms with Crippen LogP contribution in [0.3, 0.4) is 0 Å². The van der Waals surface area contributed by atoms with Crippen molar-refractivity contribution in [1.29, 1.82) is 0 Å². The van der Waals surface area contributed by atoms with E-state index in [2.05, 4.69) is 20.0 Å². The molecule has 2 N–H and O–H groups in total. The van der Waals surface area contributed by atoms with Crippen LogP contribution in [-0.4, -0.2) is 48.6 Å². The first-order valence-electron chi connectivity index (χ1n) is 9.03. The number of sulfonamides is 1. The van der Waals surface area contributed by atoms with E-state index in [-0.39, 0.29) is 36.0 Å². The molecule has 10 nitrogen and oxygen atoms in total. The van der Waals surface area contributed by atoms with Crippen molar-refractivity contribution in [3.63, 3.8) is 0 Å². The predicted octanol–water partition coefficient (Wildman–Crippen LogP) is 1.75. The lowest BCUT2D eigenvalue weighted by molar-refractivity contribution is -0.385.